The number of carboxylic acid groups (broad SMARTS) is 1. The van der Waals surface area contributed by atoms with Crippen LogP contribution in [-0.4, -0.2) is 48.7 Å². The number of rotatable bonds is 8. The van der Waals surface area contributed by atoms with Gasteiger partial charge in [-0.2, -0.15) is 0 Å². The molecular formula is C14H20N2O4. The highest BCUT2D eigenvalue weighted by atomic mass is 16.5. The molecule has 0 aliphatic rings. The summed E-state index contributed by atoms with van der Waals surface area (Å²) < 4.78 is 4.88. The van der Waals surface area contributed by atoms with Crippen molar-refractivity contribution in [2.75, 3.05) is 26.8 Å². The molecule has 6 nitrogen and oxygen atoms in total. The molecule has 1 rings (SSSR count). The van der Waals surface area contributed by atoms with Gasteiger partial charge in [-0.05, 0) is 5.56 Å². The van der Waals surface area contributed by atoms with Crippen molar-refractivity contribution in [3.05, 3.63) is 35.9 Å². The standard InChI is InChI=1S/C14H20N2O4/c1-20-8-7-16(10-14(18)19)13(17)9-12(15)11-5-3-2-4-6-11/h2-6,12H,7-10,15H2,1H3,(H,18,19). The lowest BCUT2D eigenvalue weighted by Gasteiger charge is -2.22. The summed E-state index contributed by atoms with van der Waals surface area (Å²) in [5.74, 6) is -1.34. The van der Waals surface area contributed by atoms with Gasteiger partial charge in [0, 0.05) is 26.1 Å². The fraction of sp³-hybridized carbons (Fsp3) is 0.429. The van der Waals surface area contributed by atoms with Crippen LogP contribution in [0.25, 0.3) is 0 Å². The molecule has 0 heterocycles. The molecule has 110 valence electrons. The predicted molar refractivity (Wildman–Crippen MR) is 74.1 cm³/mol. The van der Waals surface area contributed by atoms with E-state index in [1.807, 2.05) is 30.3 Å². The van der Waals surface area contributed by atoms with Crippen molar-refractivity contribution < 1.29 is 19.4 Å². The van der Waals surface area contributed by atoms with E-state index in [1.165, 1.54) is 12.0 Å². The van der Waals surface area contributed by atoms with E-state index in [9.17, 15) is 9.59 Å². The van der Waals surface area contributed by atoms with Crippen molar-refractivity contribution in [2.24, 2.45) is 5.73 Å². The molecule has 1 aromatic carbocycles. The second-order valence-electron chi connectivity index (χ2n) is 4.42. The molecule has 0 bridgehead atoms. The minimum absolute atomic E-state index is 0.0704. The van der Waals surface area contributed by atoms with Gasteiger partial charge in [-0.1, -0.05) is 30.3 Å². The summed E-state index contributed by atoms with van der Waals surface area (Å²) in [6, 6.07) is 8.80. The van der Waals surface area contributed by atoms with Crippen LogP contribution in [0.4, 0.5) is 0 Å². The highest BCUT2D eigenvalue weighted by molar-refractivity contribution is 5.81. The van der Waals surface area contributed by atoms with E-state index in [0.717, 1.165) is 5.56 Å². The SMILES string of the molecule is COCCN(CC(=O)O)C(=O)CC(N)c1ccccc1. The van der Waals surface area contributed by atoms with Crippen molar-refractivity contribution in [3.8, 4) is 0 Å². The van der Waals surface area contributed by atoms with Gasteiger partial charge >= 0.3 is 5.97 Å². The van der Waals surface area contributed by atoms with Gasteiger partial charge < -0.3 is 20.5 Å². The lowest BCUT2D eigenvalue weighted by molar-refractivity contribution is -0.145. The molecule has 0 aliphatic carbocycles. The molecule has 1 atom stereocenters. The first-order valence-electron chi connectivity index (χ1n) is 6.33. The molecule has 0 fully saturated rings. The number of ether oxygens (including phenoxy) is 1. The van der Waals surface area contributed by atoms with E-state index in [-0.39, 0.29) is 25.4 Å². The summed E-state index contributed by atoms with van der Waals surface area (Å²) in [6.07, 6.45) is 0.0704. The average molecular weight is 280 g/mol. The Hall–Kier alpha value is -1.92. The molecule has 20 heavy (non-hydrogen) atoms. The van der Waals surface area contributed by atoms with Gasteiger partial charge in [-0.15, -0.1) is 0 Å². The van der Waals surface area contributed by atoms with Gasteiger partial charge in [0.15, 0.2) is 0 Å². The first-order chi connectivity index (χ1) is 9.54. The normalized spacial score (nSPS) is 11.9. The maximum Gasteiger partial charge on any atom is 0.323 e. The lowest BCUT2D eigenvalue weighted by atomic mass is 10.0. The van der Waals surface area contributed by atoms with Crippen molar-refractivity contribution in [3.63, 3.8) is 0 Å². The topological polar surface area (TPSA) is 92.9 Å². The van der Waals surface area contributed by atoms with Crippen LogP contribution < -0.4 is 5.73 Å². The fourth-order valence-electron chi connectivity index (χ4n) is 1.79. The average Bonchev–Trinajstić information content (AvgIpc) is 2.43. The number of carbonyl (C=O) groups excluding carboxylic acids is 1. The summed E-state index contributed by atoms with van der Waals surface area (Å²) in [4.78, 5) is 24.1. The minimum atomic E-state index is -1.05. The summed E-state index contributed by atoms with van der Waals surface area (Å²) in [5, 5.41) is 8.82. The first-order valence-corrected chi connectivity index (χ1v) is 6.33. The van der Waals surface area contributed by atoms with Crippen LogP contribution >= 0.6 is 0 Å². The van der Waals surface area contributed by atoms with Crippen molar-refractivity contribution in [2.45, 2.75) is 12.5 Å². The highest BCUT2D eigenvalue weighted by Crippen LogP contribution is 2.14. The Morgan fingerprint density at radius 3 is 2.55 bits per heavy atom. The third-order valence-electron chi connectivity index (χ3n) is 2.87. The van der Waals surface area contributed by atoms with Gasteiger partial charge in [-0.25, -0.2) is 0 Å². The Balaban J connectivity index is 2.62. The van der Waals surface area contributed by atoms with E-state index in [4.69, 9.17) is 15.6 Å². The van der Waals surface area contributed by atoms with Gasteiger partial charge in [0.25, 0.3) is 0 Å². The fourth-order valence-corrected chi connectivity index (χ4v) is 1.79. The highest BCUT2D eigenvalue weighted by Gasteiger charge is 2.19. The van der Waals surface area contributed by atoms with E-state index < -0.39 is 12.0 Å². The largest absolute Gasteiger partial charge is 0.480 e. The molecule has 6 heteroatoms. The summed E-state index contributed by atoms with van der Waals surface area (Å²) in [7, 11) is 1.50. The number of aliphatic carboxylic acids is 1. The Labute approximate surface area is 118 Å². The lowest BCUT2D eigenvalue weighted by Crippen LogP contribution is -2.39. The van der Waals surface area contributed by atoms with Crippen LogP contribution in [0.15, 0.2) is 30.3 Å². The number of carboxylic acids is 1. The zero-order chi connectivity index (χ0) is 15.0. The van der Waals surface area contributed by atoms with Crippen molar-refractivity contribution in [1.29, 1.82) is 0 Å². The maximum atomic E-state index is 12.1. The van der Waals surface area contributed by atoms with E-state index in [2.05, 4.69) is 0 Å². The van der Waals surface area contributed by atoms with Crippen LogP contribution in [-0.2, 0) is 14.3 Å². The van der Waals surface area contributed by atoms with Crippen LogP contribution in [0.5, 0.6) is 0 Å². The van der Waals surface area contributed by atoms with Crippen LogP contribution in [0, 0.1) is 0 Å². The molecule has 0 saturated carbocycles. The minimum Gasteiger partial charge on any atom is -0.480 e. The van der Waals surface area contributed by atoms with Gasteiger partial charge in [0.2, 0.25) is 5.91 Å². The molecule has 3 N–H and O–H groups in total. The van der Waals surface area contributed by atoms with E-state index in [1.54, 1.807) is 0 Å². The molecule has 0 radical (unpaired) electrons. The third kappa shape index (κ3) is 5.38. The van der Waals surface area contributed by atoms with Crippen molar-refractivity contribution >= 4 is 11.9 Å². The summed E-state index contributed by atoms with van der Waals surface area (Å²) >= 11 is 0. The monoisotopic (exact) mass is 280 g/mol. The Bertz CT molecular complexity index is 436. The quantitative estimate of drug-likeness (QED) is 0.729. The zero-order valence-corrected chi connectivity index (χ0v) is 11.5. The molecule has 0 aliphatic heterocycles. The predicted octanol–water partition coefficient (Wildman–Crippen LogP) is 0.636. The third-order valence-corrected chi connectivity index (χ3v) is 2.87. The number of nitrogens with two attached hydrogens (primary N) is 1. The maximum absolute atomic E-state index is 12.1. The number of hydrogen-bond donors (Lipinski definition) is 2. The Morgan fingerprint density at radius 1 is 1.35 bits per heavy atom. The zero-order valence-electron chi connectivity index (χ0n) is 11.5. The van der Waals surface area contributed by atoms with E-state index >= 15 is 0 Å². The smallest absolute Gasteiger partial charge is 0.323 e. The van der Waals surface area contributed by atoms with Crippen LogP contribution in [0.2, 0.25) is 0 Å². The number of methoxy groups -OCH3 is 1. The number of nitrogens with zero attached hydrogens (tertiary/aromatic N) is 1. The molecule has 1 unspecified atom stereocenters. The second-order valence-corrected chi connectivity index (χ2v) is 4.42. The number of amides is 1. The molecular weight excluding hydrogens is 260 g/mol. The first kappa shape index (κ1) is 16.1. The molecule has 0 saturated heterocycles. The Kier molecular flexibility index (Phi) is 6.69. The van der Waals surface area contributed by atoms with Gasteiger partial charge in [-0.3, -0.25) is 9.59 Å². The second kappa shape index (κ2) is 8.29. The molecule has 0 spiro atoms. The molecule has 0 aromatic heterocycles. The summed E-state index contributed by atoms with van der Waals surface area (Å²) in [5.41, 5.74) is 6.82. The van der Waals surface area contributed by atoms with Crippen LogP contribution in [0.3, 0.4) is 0 Å². The molecule has 1 aromatic rings. The van der Waals surface area contributed by atoms with Crippen LogP contribution in [0.1, 0.15) is 18.0 Å². The van der Waals surface area contributed by atoms with Crippen molar-refractivity contribution in [1.82, 2.24) is 4.90 Å². The van der Waals surface area contributed by atoms with Gasteiger partial charge in [0.05, 0.1) is 6.61 Å². The number of carbonyl (C=O) groups is 2. The van der Waals surface area contributed by atoms with Gasteiger partial charge in [0.1, 0.15) is 6.54 Å². The van der Waals surface area contributed by atoms with E-state index in [0.29, 0.717) is 6.61 Å². The Morgan fingerprint density at radius 2 is 2.00 bits per heavy atom. The number of benzene rings is 1. The number of hydrogen-bond acceptors (Lipinski definition) is 4. The summed E-state index contributed by atoms with van der Waals surface area (Å²) in [6.45, 7) is 0.187. The molecule has 1 amide bonds.